The number of rotatable bonds is 2. The summed E-state index contributed by atoms with van der Waals surface area (Å²) >= 11 is 3.47. The average molecular weight is 310 g/mol. The van der Waals surface area contributed by atoms with E-state index in [2.05, 4.69) is 21.0 Å². The minimum Gasteiger partial charge on any atom is -0.309 e. The Morgan fingerprint density at radius 2 is 1.94 bits per heavy atom. The molecule has 18 heavy (non-hydrogen) atoms. The molecule has 2 rings (SSSR count). The van der Waals surface area contributed by atoms with Crippen LogP contribution in [0.25, 0.3) is 11.4 Å². The smallest absolute Gasteiger partial charge is 0.253 e. The molecule has 0 fully saturated rings. The van der Waals surface area contributed by atoms with Gasteiger partial charge in [-0.3, -0.25) is 9.48 Å². The van der Waals surface area contributed by atoms with Crippen LogP contribution in [0, 0.1) is 13.8 Å². The Morgan fingerprint density at radius 1 is 1.28 bits per heavy atom. The Kier molecular flexibility index (Phi) is 3.43. The maximum atomic E-state index is 12.0. The standard InChI is InChI=1S/C13H16BrN3O/c1-5-17-11(14)7-10(15-17)12-8(2)6-9(3)13(18)16(12)4/h6-7H,5H2,1-4H3. The molecule has 96 valence electrons. The fourth-order valence-corrected chi connectivity index (χ4v) is 2.74. The third-order valence-corrected chi connectivity index (χ3v) is 3.70. The molecule has 0 aromatic carbocycles. The average Bonchev–Trinajstić information content (AvgIpc) is 2.67. The van der Waals surface area contributed by atoms with Crippen LogP contribution < -0.4 is 5.56 Å². The molecule has 0 spiro atoms. The molecule has 0 amide bonds. The first-order chi connectivity index (χ1) is 8.45. The van der Waals surface area contributed by atoms with Gasteiger partial charge in [-0.05, 0) is 48.3 Å². The zero-order valence-electron chi connectivity index (χ0n) is 11.0. The Balaban J connectivity index is 2.71. The monoisotopic (exact) mass is 309 g/mol. The summed E-state index contributed by atoms with van der Waals surface area (Å²) in [6.07, 6.45) is 0. The molecule has 0 unspecified atom stereocenters. The second-order valence-corrected chi connectivity index (χ2v) is 5.20. The normalized spacial score (nSPS) is 10.9. The zero-order chi connectivity index (χ0) is 13.4. The van der Waals surface area contributed by atoms with E-state index in [1.54, 1.807) is 11.6 Å². The third-order valence-electron chi connectivity index (χ3n) is 3.06. The van der Waals surface area contributed by atoms with Crippen molar-refractivity contribution in [3.8, 4) is 11.4 Å². The number of halogens is 1. The minimum atomic E-state index is 0.0257. The molecule has 4 nitrogen and oxygen atoms in total. The quantitative estimate of drug-likeness (QED) is 0.855. The van der Waals surface area contributed by atoms with E-state index in [1.165, 1.54) is 0 Å². The van der Waals surface area contributed by atoms with E-state index in [0.29, 0.717) is 0 Å². The van der Waals surface area contributed by atoms with Gasteiger partial charge in [-0.15, -0.1) is 0 Å². The van der Waals surface area contributed by atoms with Crippen molar-refractivity contribution in [2.24, 2.45) is 7.05 Å². The predicted molar refractivity (Wildman–Crippen MR) is 75.8 cm³/mol. The molecule has 5 heteroatoms. The summed E-state index contributed by atoms with van der Waals surface area (Å²) < 4.78 is 4.45. The summed E-state index contributed by atoms with van der Waals surface area (Å²) in [4.78, 5) is 12.0. The van der Waals surface area contributed by atoms with Crippen LogP contribution in [0.2, 0.25) is 0 Å². The Morgan fingerprint density at radius 3 is 2.50 bits per heavy atom. The Hall–Kier alpha value is -1.36. The highest BCUT2D eigenvalue weighted by Crippen LogP contribution is 2.24. The van der Waals surface area contributed by atoms with Crippen molar-refractivity contribution >= 4 is 15.9 Å². The molecule has 2 aromatic heterocycles. The van der Waals surface area contributed by atoms with Gasteiger partial charge in [0.1, 0.15) is 10.3 Å². The molecular weight excluding hydrogens is 294 g/mol. The van der Waals surface area contributed by atoms with Crippen LogP contribution >= 0.6 is 15.9 Å². The first kappa shape index (κ1) is 13.1. The second kappa shape index (κ2) is 4.72. The van der Waals surface area contributed by atoms with E-state index >= 15 is 0 Å². The summed E-state index contributed by atoms with van der Waals surface area (Å²) in [5, 5.41) is 4.50. The lowest BCUT2D eigenvalue weighted by Crippen LogP contribution is -2.21. The lowest BCUT2D eigenvalue weighted by molar-refractivity contribution is 0.646. The van der Waals surface area contributed by atoms with E-state index in [4.69, 9.17) is 0 Å². The van der Waals surface area contributed by atoms with E-state index in [-0.39, 0.29) is 5.56 Å². The van der Waals surface area contributed by atoms with Gasteiger partial charge < -0.3 is 4.57 Å². The molecule has 0 aliphatic rings. The molecule has 0 aliphatic carbocycles. The van der Waals surface area contributed by atoms with Crippen molar-refractivity contribution in [1.82, 2.24) is 14.3 Å². The number of nitrogens with zero attached hydrogens (tertiary/aromatic N) is 3. The SMILES string of the molecule is CCn1nc(-c2c(C)cc(C)c(=O)n2C)cc1Br. The van der Waals surface area contributed by atoms with E-state index in [9.17, 15) is 4.79 Å². The van der Waals surface area contributed by atoms with Gasteiger partial charge in [0.15, 0.2) is 0 Å². The summed E-state index contributed by atoms with van der Waals surface area (Å²) in [5.74, 6) is 0. The van der Waals surface area contributed by atoms with Gasteiger partial charge in [-0.2, -0.15) is 5.10 Å². The largest absolute Gasteiger partial charge is 0.309 e. The van der Waals surface area contributed by atoms with Crippen molar-refractivity contribution < 1.29 is 0 Å². The van der Waals surface area contributed by atoms with Crippen molar-refractivity contribution in [1.29, 1.82) is 0 Å². The van der Waals surface area contributed by atoms with Crippen LogP contribution in [0.15, 0.2) is 21.5 Å². The number of aryl methyl sites for hydroxylation is 3. The highest BCUT2D eigenvalue weighted by atomic mass is 79.9. The maximum Gasteiger partial charge on any atom is 0.253 e. The van der Waals surface area contributed by atoms with Crippen molar-refractivity contribution in [3.05, 3.63) is 38.2 Å². The summed E-state index contributed by atoms with van der Waals surface area (Å²) in [6.45, 7) is 6.66. The highest BCUT2D eigenvalue weighted by molar-refractivity contribution is 9.10. The molecule has 0 saturated carbocycles. The minimum absolute atomic E-state index is 0.0257. The first-order valence-corrected chi connectivity index (χ1v) is 6.66. The highest BCUT2D eigenvalue weighted by Gasteiger charge is 2.14. The Labute approximate surface area is 114 Å². The maximum absolute atomic E-state index is 12.0. The lowest BCUT2D eigenvalue weighted by atomic mass is 10.1. The van der Waals surface area contributed by atoms with Crippen molar-refractivity contribution in [3.63, 3.8) is 0 Å². The van der Waals surface area contributed by atoms with Crippen molar-refractivity contribution in [2.45, 2.75) is 27.3 Å². The van der Waals surface area contributed by atoms with Crippen LogP contribution in [0.1, 0.15) is 18.1 Å². The number of aromatic nitrogens is 3. The van der Waals surface area contributed by atoms with Crippen molar-refractivity contribution in [2.75, 3.05) is 0 Å². The molecule has 0 bridgehead atoms. The van der Waals surface area contributed by atoms with E-state index in [0.717, 1.165) is 33.7 Å². The van der Waals surface area contributed by atoms with Gasteiger partial charge >= 0.3 is 0 Å². The summed E-state index contributed by atoms with van der Waals surface area (Å²) in [7, 11) is 1.79. The van der Waals surface area contributed by atoms with Crippen LogP contribution in [0.3, 0.4) is 0 Å². The molecule has 0 saturated heterocycles. The third kappa shape index (κ3) is 2.03. The van der Waals surface area contributed by atoms with Gasteiger partial charge in [0.25, 0.3) is 5.56 Å². The topological polar surface area (TPSA) is 39.8 Å². The van der Waals surface area contributed by atoms with Gasteiger partial charge in [0.2, 0.25) is 0 Å². The molecular formula is C13H16BrN3O. The van der Waals surface area contributed by atoms with Gasteiger partial charge in [0, 0.05) is 25.2 Å². The predicted octanol–water partition coefficient (Wildman–Crippen LogP) is 2.65. The number of hydrogen-bond donors (Lipinski definition) is 0. The Bertz CT molecular complexity index is 655. The van der Waals surface area contributed by atoms with E-state index in [1.807, 2.05) is 37.6 Å². The van der Waals surface area contributed by atoms with Crippen LogP contribution in [0.5, 0.6) is 0 Å². The summed E-state index contributed by atoms with van der Waals surface area (Å²) in [5.41, 5.74) is 3.53. The molecule has 0 aliphatic heterocycles. The summed E-state index contributed by atoms with van der Waals surface area (Å²) in [6, 6.07) is 3.86. The number of hydrogen-bond acceptors (Lipinski definition) is 2. The second-order valence-electron chi connectivity index (χ2n) is 4.39. The molecule has 0 atom stereocenters. The van der Waals surface area contributed by atoms with Crippen LogP contribution in [-0.2, 0) is 13.6 Å². The fraction of sp³-hybridized carbons (Fsp3) is 0.385. The van der Waals surface area contributed by atoms with Gasteiger partial charge in [0.05, 0.1) is 5.69 Å². The molecule has 0 N–H and O–H groups in total. The van der Waals surface area contributed by atoms with Gasteiger partial charge in [-0.1, -0.05) is 0 Å². The lowest BCUT2D eigenvalue weighted by Gasteiger charge is -2.10. The number of pyridine rings is 1. The zero-order valence-corrected chi connectivity index (χ0v) is 12.6. The van der Waals surface area contributed by atoms with Gasteiger partial charge in [-0.25, -0.2) is 0 Å². The molecule has 0 radical (unpaired) electrons. The van der Waals surface area contributed by atoms with Crippen LogP contribution in [-0.4, -0.2) is 14.3 Å². The van der Waals surface area contributed by atoms with Crippen LogP contribution in [0.4, 0.5) is 0 Å². The first-order valence-electron chi connectivity index (χ1n) is 5.86. The van der Waals surface area contributed by atoms with E-state index < -0.39 is 0 Å². The molecule has 2 heterocycles. The fourth-order valence-electron chi connectivity index (χ4n) is 2.19. The molecule has 2 aromatic rings.